The van der Waals surface area contributed by atoms with Gasteiger partial charge in [-0.05, 0) is 13.8 Å². The van der Waals surface area contributed by atoms with E-state index in [1.54, 1.807) is 4.72 Å². The molecule has 20 heavy (non-hydrogen) atoms. The number of carbonyl (C=O) groups excluding carboxylic acids is 1. The van der Waals surface area contributed by atoms with Gasteiger partial charge < -0.3 is 9.84 Å². The zero-order chi connectivity index (χ0) is 15.3. The number of hydrogen-bond donors (Lipinski definition) is 3. The van der Waals surface area contributed by atoms with Gasteiger partial charge in [0.25, 0.3) is 0 Å². The Kier molecular flexibility index (Phi) is 5.42. The van der Waals surface area contributed by atoms with Crippen LogP contribution in [0, 0.1) is 0 Å². The molecule has 0 aliphatic rings. The van der Waals surface area contributed by atoms with Gasteiger partial charge in [-0.15, -0.1) is 11.3 Å². The molecule has 1 rings (SSSR count). The monoisotopic (exact) mass is 323 g/mol. The highest BCUT2D eigenvalue weighted by atomic mass is 32.2. The minimum atomic E-state index is -4.12. The minimum Gasteiger partial charge on any atom is -0.476 e. The third kappa shape index (κ3) is 4.75. The number of aromatic nitrogens is 1. The molecular formula is C9H13N3O6S2. The molecule has 1 aromatic heterocycles. The van der Waals surface area contributed by atoms with Gasteiger partial charge in [0, 0.05) is 5.38 Å². The van der Waals surface area contributed by atoms with E-state index in [4.69, 9.17) is 5.11 Å². The van der Waals surface area contributed by atoms with Crippen molar-refractivity contribution >= 4 is 33.6 Å². The SMILES string of the molecule is CCOC(=O)NS(=O)(=O)NC(C)c1nc(C(=O)O)cs1. The van der Waals surface area contributed by atoms with Gasteiger partial charge in [-0.25, -0.2) is 19.3 Å². The van der Waals surface area contributed by atoms with Gasteiger partial charge >= 0.3 is 22.3 Å². The van der Waals surface area contributed by atoms with Crippen molar-refractivity contribution in [3.63, 3.8) is 0 Å². The molecule has 9 nitrogen and oxygen atoms in total. The average molecular weight is 323 g/mol. The van der Waals surface area contributed by atoms with Crippen LogP contribution in [0.2, 0.25) is 0 Å². The summed E-state index contributed by atoms with van der Waals surface area (Å²) in [5.74, 6) is -1.20. The highest BCUT2D eigenvalue weighted by Gasteiger charge is 2.21. The number of nitrogens with zero attached hydrogens (tertiary/aromatic N) is 1. The molecule has 0 aliphatic heterocycles. The molecule has 0 aromatic carbocycles. The van der Waals surface area contributed by atoms with Crippen LogP contribution in [0.1, 0.15) is 35.4 Å². The molecule has 112 valence electrons. The van der Waals surface area contributed by atoms with Gasteiger partial charge in [0.15, 0.2) is 5.69 Å². The molecule has 0 bridgehead atoms. The maximum atomic E-state index is 11.6. The van der Waals surface area contributed by atoms with Gasteiger partial charge in [0.2, 0.25) is 0 Å². The first-order valence-corrected chi connectivity index (χ1v) is 7.77. The normalized spacial score (nSPS) is 12.7. The zero-order valence-corrected chi connectivity index (χ0v) is 12.2. The largest absolute Gasteiger partial charge is 0.476 e. The van der Waals surface area contributed by atoms with Crippen LogP contribution in [0.15, 0.2) is 5.38 Å². The molecule has 0 spiro atoms. The van der Waals surface area contributed by atoms with E-state index in [0.29, 0.717) is 0 Å². The maximum absolute atomic E-state index is 11.6. The van der Waals surface area contributed by atoms with E-state index >= 15 is 0 Å². The lowest BCUT2D eigenvalue weighted by Gasteiger charge is -2.12. The Bertz CT molecular complexity index is 597. The molecule has 0 saturated carbocycles. The van der Waals surface area contributed by atoms with Gasteiger partial charge in [-0.3, -0.25) is 0 Å². The topological polar surface area (TPSA) is 135 Å². The third-order valence-corrected chi connectivity index (χ3v) is 4.06. The minimum absolute atomic E-state index is 0.0331. The lowest BCUT2D eigenvalue weighted by molar-refractivity contribution is 0.0691. The third-order valence-electron chi connectivity index (χ3n) is 1.94. The first-order chi connectivity index (χ1) is 9.25. The second-order valence-electron chi connectivity index (χ2n) is 3.54. The van der Waals surface area contributed by atoms with Crippen molar-refractivity contribution in [1.29, 1.82) is 0 Å². The predicted molar refractivity (Wildman–Crippen MR) is 69.7 cm³/mol. The quantitative estimate of drug-likeness (QED) is 0.693. The van der Waals surface area contributed by atoms with Crippen molar-refractivity contribution in [2.45, 2.75) is 19.9 Å². The van der Waals surface area contributed by atoms with Crippen LogP contribution in [-0.4, -0.2) is 37.2 Å². The predicted octanol–water partition coefficient (Wildman–Crippen LogP) is 0.483. The fourth-order valence-electron chi connectivity index (χ4n) is 1.17. The molecule has 1 amide bonds. The van der Waals surface area contributed by atoms with Crippen molar-refractivity contribution in [3.8, 4) is 0 Å². The summed E-state index contributed by atoms with van der Waals surface area (Å²) in [5.41, 5.74) is -0.172. The van der Waals surface area contributed by atoms with E-state index in [0.717, 1.165) is 11.3 Å². The molecule has 1 unspecified atom stereocenters. The number of ether oxygens (including phenoxy) is 1. The van der Waals surface area contributed by atoms with Crippen LogP contribution < -0.4 is 9.44 Å². The average Bonchev–Trinajstić information content (AvgIpc) is 2.76. The number of amides is 1. The fraction of sp³-hybridized carbons (Fsp3) is 0.444. The molecule has 0 saturated heterocycles. The van der Waals surface area contributed by atoms with Crippen LogP contribution in [-0.2, 0) is 14.9 Å². The lowest BCUT2D eigenvalue weighted by Crippen LogP contribution is -2.41. The second-order valence-corrected chi connectivity index (χ2v) is 5.88. The summed E-state index contributed by atoms with van der Waals surface area (Å²) >= 11 is 0.993. The fourth-order valence-corrected chi connectivity index (χ4v) is 2.96. The molecule has 1 heterocycles. The highest BCUT2D eigenvalue weighted by Crippen LogP contribution is 2.18. The Morgan fingerprint density at radius 3 is 2.70 bits per heavy atom. The number of thiazole rings is 1. The molecule has 0 radical (unpaired) electrons. The summed E-state index contributed by atoms with van der Waals surface area (Å²) < 4.78 is 31.4. The standard InChI is InChI=1S/C9H13N3O6S2/c1-3-18-9(15)12-20(16,17)11-5(2)7-10-6(4-19-7)8(13)14/h4-5,11H,3H2,1-2H3,(H,12,15)(H,13,14). The van der Waals surface area contributed by atoms with E-state index in [1.165, 1.54) is 19.2 Å². The number of hydrogen-bond acceptors (Lipinski definition) is 7. The summed E-state index contributed by atoms with van der Waals surface area (Å²) in [6.45, 7) is 3.03. The number of carboxylic acid groups (broad SMARTS) is 1. The summed E-state index contributed by atoms with van der Waals surface area (Å²) in [6.07, 6.45) is -1.10. The van der Waals surface area contributed by atoms with E-state index < -0.39 is 28.3 Å². The lowest BCUT2D eigenvalue weighted by atomic mass is 10.4. The summed E-state index contributed by atoms with van der Waals surface area (Å²) in [6, 6.07) is -0.792. The summed E-state index contributed by atoms with van der Waals surface area (Å²) in [4.78, 5) is 25.5. The van der Waals surface area contributed by atoms with Crippen LogP contribution in [0.25, 0.3) is 0 Å². The number of rotatable bonds is 6. The molecule has 1 aromatic rings. The van der Waals surface area contributed by atoms with Crippen molar-refractivity contribution in [2.24, 2.45) is 0 Å². The van der Waals surface area contributed by atoms with Crippen molar-refractivity contribution in [2.75, 3.05) is 6.61 Å². The Balaban J connectivity index is 2.70. The molecule has 0 fully saturated rings. The van der Waals surface area contributed by atoms with E-state index in [2.05, 4.69) is 14.4 Å². The van der Waals surface area contributed by atoms with Gasteiger partial charge in [0.1, 0.15) is 5.01 Å². The van der Waals surface area contributed by atoms with Crippen LogP contribution in [0.4, 0.5) is 4.79 Å². The van der Waals surface area contributed by atoms with Crippen LogP contribution >= 0.6 is 11.3 Å². The molecular weight excluding hydrogens is 310 g/mol. The zero-order valence-electron chi connectivity index (χ0n) is 10.6. The van der Waals surface area contributed by atoms with Crippen molar-refractivity contribution in [1.82, 2.24) is 14.4 Å². The summed E-state index contributed by atoms with van der Waals surface area (Å²) in [5, 5.41) is 10.3. The molecule has 11 heteroatoms. The number of carbonyl (C=O) groups is 2. The first kappa shape index (κ1) is 16.3. The second kappa shape index (κ2) is 6.63. The van der Waals surface area contributed by atoms with Crippen LogP contribution in [0.5, 0.6) is 0 Å². The Morgan fingerprint density at radius 2 is 2.20 bits per heavy atom. The Labute approximate surface area is 119 Å². The van der Waals surface area contributed by atoms with E-state index in [1.807, 2.05) is 0 Å². The van der Waals surface area contributed by atoms with E-state index in [9.17, 15) is 18.0 Å². The number of nitrogens with one attached hydrogen (secondary N) is 2. The Morgan fingerprint density at radius 1 is 1.55 bits per heavy atom. The van der Waals surface area contributed by atoms with E-state index in [-0.39, 0.29) is 17.3 Å². The molecule has 1 atom stereocenters. The van der Waals surface area contributed by atoms with Crippen LogP contribution in [0.3, 0.4) is 0 Å². The van der Waals surface area contributed by atoms with Gasteiger partial charge in [0.05, 0.1) is 12.6 Å². The van der Waals surface area contributed by atoms with Gasteiger partial charge in [-0.1, -0.05) is 0 Å². The van der Waals surface area contributed by atoms with Gasteiger partial charge in [-0.2, -0.15) is 13.1 Å². The maximum Gasteiger partial charge on any atom is 0.421 e. The van der Waals surface area contributed by atoms with Crippen molar-refractivity contribution in [3.05, 3.63) is 16.1 Å². The first-order valence-electron chi connectivity index (χ1n) is 5.40. The molecule has 0 aliphatic carbocycles. The Hall–Kier alpha value is -1.72. The number of aromatic carboxylic acids is 1. The highest BCUT2D eigenvalue weighted by molar-refractivity contribution is 7.88. The molecule has 3 N–H and O–H groups in total. The summed E-state index contributed by atoms with van der Waals surface area (Å²) in [7, 11) is -4.12. The van der Waals surface area contributed by atoms with Crippen molar-refractivity contribution < 1.29 is 27.9 Å². The number of carboxylic acids is 1. The smallest absolute Gasteiger partial charge is 0.421 e.